The zero-order valence-electron chi connectivity index (χ0n) is 18.6. The van der Waals surface area contributed by atoms with E-state index in [-0.39, 0.29) is 30.1 Å². The summed E-state index contributed by atoms with van der Waals surface area (Å²) in [5.74, 6) is -0.156. The number of nitrogens with zero attached hydrogens (tertiary/aromatic N) is 1. The molecule has 4 N–H and O–H groups in total. The molecule has 0 unspecified atom stereocenters. The van der Waals surface area contributed by atoms with Crippen LogP contribution in [-0.2, 0) is 0 Å². The van der Waals surface area contributed by atoms with Gasteiger partial charge in [0.2, 0.25) is 0 Å². The monoisotopic (exact) mass is 429 g/mol. The van der Waals surface area contributed by atoms with E-state index in [1.165, 1.54) is 19.3 Å². The molecule has 1 aliphatic heterocycles. The Kier molecular flexibility index (Phi) is 8.14. The van der Waals surface area contributed by atoms with Crippen LogP contribution in [0.15, 0.2) is 18.2 Å². The maximum absolute atomic E-state index is 12.7. The molecule has 1 saturated heterocycles. The van der Waals surface area contributed by atoms with Gasteiger partial charge in [0.1, 0.15) is 0 Å². The third-order valence-electron chi connectivity index (χ3n) is 6.14. The lowest BCUT2D eigenvalue weighted by atomic mass is 9.96. The van der Waals surface area contributed by atoms with Crippen LogP contribution in [0.3, 0.4) is 0 Å². The van der Waals surface area contributed by atoms with Crippen molar-refractivity contribution in [2.45, 2.75) is 70.9 Å². The Morgan fingerprint density at radius 2 is 1.61 bits per heavy atom. The Balaban J connectivity index is 1.46. The molecule has 2 fully saturated rings. The summed E-state index contributed by atoms with van der Waals surface area (Å²) < 4.78 is 0. The number of urea groups is 2. The number of rotatable bonds is 5. The molecule has 1 heterocycles. The van der Waals surface area contributed by atoms with E-state index in [1.807, 2.05) is 19.9 Å². The zero-order valence-corrected chi connectivity index (χ0v) is 18.6. The smallest absolute Gasteiger partial charge is 0.321 e. The normalized spacial score (nSPS) is 17.7. The van der Waals surface area contributed by atoms with Gasteiger partial charge in [0.25, 0.3) is 5.91 Å². The molecule has 3 rings (SSSR count). The fourth-order valence-electron chi connectivity index (χ4n) is 4.24. The molecule has 0 aromatic heterocycles. The van der Waals surface area contributed by atoms with Gasteiger partial charge < -0.3 is 26.2 Å². The number of likely N-dealkylation sites (tertiary alicyclic amines) is 1. The van der Waals surface area contributed by atoms with Crippen molar-refractivity contribution in [2.24, 2.45) is 0 Å². The Morgan fingerprint density at radius 1 is 0.968 bits per heavy atom. The number of hydrogen-bond donors (Lipinski definition) is 4. The molecule has 1 aromatic rings. The summed E-state index contributed by atoms with van der Waals surface area (Å²) in [5.41, 5.74) is 2.06. The van der Waals surface area contributed by atoms with Crippen molar-refractivity contribution in [3.05, 3.63) is 29.3 Å². The standard InChI is InChI=1S/C23H35N5O3/c1-3-24-21(29)17-10-9-16(2)20(15-17)27-23(31)28-13-11-19(12-14-28)26-22(30)25-18-7-5-4-6-8-18/h9-10,15,18-19H,3-8,11-14H2,1-2H3,(H,24,29)(H,27,31)(H2,25,26,30). The van der Waals surface area contributed by atoms with Crippen LogP contribution in [0, 0.1) is 6.92 Å². The molecule has 170 valence electrons. The second kappa shape index (κ2) is 11.0. The van der Waals surface area contributed by atoms with Gasteiger partial charge in [-0.05, 0) is 57.2 Å². The Bertz CT molecular complexity index is 783. The lowest BCUT2D eigenvalue weighted by molar-refractivity contribution is 0.0955. The van der Waals surface area contributed by atoms with E-state index in [0.29, 0.717) is 30.9 Å². The zero-order chi connectivity index (χ0) is 22.2. The van der Waals surface area contributed by atoms with Gasteiger partial charge >= 0.3 is 12.1 Å². The number of piperidine rings is 1. The fourth-order valence-corrected chi connectivity index (χ4v) is 4.24. The summed E-state index contributed by atoms with van der Waals surface area (Å²) in [6, 6.07) is 5.40. The van der Waals surface area contributed by atoms with E-state index in [2.05, 4.69) is 21.3 Å². The van der Waals surface area contributed by atoms with Gasteiger partial charge in [0, 0.05) is 43.0 Å². The first-order valence-corrected chi connectivity index (χ1v) is 11.5. The molecule has 2 aliphatic rings. The second-order valence-electron chi connectivity index (χ2n) is 8.53. The number of hydrogen-bond acceptors (Lipinski definition) is 3. The highest BCUT2D eigenvalue weighted by molar-refractivity contribution is 5.97. The van der Waals surface area contributed by atoms with Crippen molar-refractivity contribution in [1.29, 1.82) is 0 Å². The van der Waals surface area contributed by atoms with Crippen molar-refractivity contribution < 1.29 is 14.4 Å². The molecule has 0 spiro atoms. The van der Waals surface area contributed by atoms with E-state index < -0.39 is 0 Å². The van der Waals surface area contributed by atoms with Crippen LogP contribution in [0.5, 0.6) is 0 Å². The topological polar surface area (TPSA) is 103 Å². The number of carbonyl (C=O) groups excluding carboxylic acids is 3. The van der Waals surface area contributed by atoms with Gasteiger partial charge in [-0.15, -0.1) is 0 Å². The molecule has 8 heteroatoms. The van der Waals surface area contributed by atoms with Gasteiger partial charge in [-0.1, -0.05) is 25.3 Å². The molecule has 0 atom stereocenters. The van der Waals surface area contributed by atoms with Crippen molar-refractivity contribution in [2.75, 3.05) is 25.0 Å². The maximum atomic E-state index is 12.7. The molecule has 1 saturated carbocycles. The lowest BCUT2D eigenvalue weighted by Crippen LogP contribution is -2.51. The van der Waals surface area contributed by atoms with E-state index >= 15 is 0 Å². The molecule has 1 aliphatic carbocycles. The Hall–Kier alpha value is -2.77. The van der Waals surface area contributed by atoms with Crippen LogP contribution in [0.4, 0.5) is 15.3 Å². The van der Waals surface area contributed by atoms with E-state index in [9.17, 15) is 14.4 Å². The number of carbonyl (C=O) groups is 3. The van der Waals surface area contributed by atoms with E-state index in [0.717, 1.165) is 31.2 Å². The lowest BCUT2D eigenvalue weighted by Gasteiger charge is -2.33. The van der Waals surface area contributed by atoms with Gasteiger partial charge in [-0.2, -0.15) is 0 Å². The van der Waals surface area contributed by atoms with Crippen LogP contribution in [0.25, 0.3) is 0 Å². The number of benzene rings is 1. The molecule has 1 aromatic carbocycles. The minimum atomic E-state index is -0.179. The number of anilines is 1. The maximum Gasteiger partial charge on any atom is 0.321 e. The van der Waals surface area contributed by atoms with Crippen LogP contribution in [0.2, 0.25) is 0 Å². The number of aryl methyl sites for hydroxylation is 1. The molecule has 5 amide bonds. The number of amides is 5. The second-order valence-corrected chi connectivity index (χ2v) is 8.53. The molecular weight excluding hydrogens is 394 g/mol. The first-order chi connectivity index (χ1) is 15.0. The molecular formula is C23H35N5O3. The van der Waals surface area contributed by atoms with Gasteiger partial charge in [-0.25, -0.2) is 9.59 Å². The van der Waals surface area contributed by atoms with Gasteiger partial charge in [0.05, 0.1) is 0 Å². The molecule has 8 nitrogen and oxygen atoms in total. The van der Waals surface area contributed by atoms with Crippen LogP contribution in [-0.4, -0.2) is 54.6 Å². The van der Waals surface area contributed by atoms with E-state index in [4.69, 9.17) is 0 Å². The third kappa shape index (κ3) is 6.60. The van der Waals surface area contributed by atoms with Crippen LogP contribution < -0.4 is 21.3 Å². The summed E-state index contributed by atoms with van der Waals surface area (Å²) in [7, 11) is 0. The third-order valence-corrected chi connectivity index (χ3v) is 6.14. The average molecular weight is 430 g/mol. The summed E-state index contributed by atoms with van der Waals surface area (Å²) >= 11 is 0. The Morgan fingerprint density at radius 3 is 2.26 bits per heavy atom. The first-order valence-electron chi connectivity index (χ1n) is 11.5. The van der Waals surface area contributed by atoms with Crippen molar-refractivity contribution in [3.63, 3.8) is 0 Å². The van der Waals surface area contributed by atoms with Crippen molar-refractivity contribution >= 4 is 23.7 Å². The predicted molar refractivity (Wildman–Crippen MR) is 121 cm³/mol. The van der Waals surface area contributed by atoms with Gasteiger partial charge in [-0.3, -0.25) is 4.79 Å². The highest BCUT2D eigenvalue weighted by Crippen LogP contribution is 2.20. The summed E-state index contributed by atoms with van der Waals surface area (Å²) in [6.07, 6.45) is 7.21. The predicted octanol–water partition coefficient (Wildman–Crippen LogP) is 3.37. The largest absolute Gasteiger partial charge is 0.352 e. The van der Waals surface area contributed by atoms with Crippen LogP contribution in [0.1, 0.15) is 67.8 Å². The highest BCUT2D eigenvalue weighted by atomic mass is 16.2. The fraction of sp³-hybridized carbons (Fsp3) is 0.609. The highest BCUT2D eigenvalue weighted by Gasteiger charge is 2.25. The average Bonchev–Trinajstić information content (AvgIpc) is 2.76. The minimum absolute atomic E-state index is 0.0791. The quantitative estimate of drug-likeness (QED) is 0.577. The van der Waals surface area contributed by atoms with E-state index in [1.54, 1.807) is 17.0 Å². The minimum Gasteiger partial charge on any atom is -0.352 e. The molecule has 31 heavy (non-hydrogen) atoms. The van der Waals surface area contributed by atoms with Gasteiger partial charge in [0.15, 0.2) is 0 Å². The van der Waals surface area contributed by atoms with Crippen molar-refractivity contribution in [1.82, 2.24) is 20.9 Å². The SMILES string of the molecule is CCNC(=O)c1ccc(C)c(NC(=O)N2CCC(NC(=O)NC3CCCCC3)CC2)c1. The summed E-state index contributed by atoms with van der Waals surface area (Å²) in [4.78, 5) is 38.8. The summed E-state index contributed by atoms with van der Waals surface area (Å²) in [6.45, 7) is 5.48. The number of nitrogens with one attached hydrogen (secondary N) is 4. The molecule has 0 bridgehead atoms. The first kappa shape index (κ1) is 22.9. The summed E-state index contributed by atoms with van der Waals surface area (Å²) in [5, 5.41) is 11.9. The Labute approximate surface area is 184 Å². The van der Waals surface area contributed by atoms with Crippen LogP contribution >= 0.6 is 0 Å². The molecule has 0 radical (unpaired) electrons. The van der Waals surface area contributed by atoms with Crippen molar-refractivity contribution in [3.8, 4) is 0 Å².